The quantitative estimate of drug-likeness (QED) is 0.509. The number of aryl methyl sites for hydroxylation is 1. The Balaban J connectivity index is 1.85. The number of rotatable bonds is 3. The van der Waals surface area contributed by atoms with Gasteiger partial charge < -0.3 is 10.7 Å². The molecule has 0 spiro atoms. The number of hydrogen-bond acceptors (Lipinski definition) is 4. The summed E-state index contributed by atoms with van der Waals surface area (Å²) < 4.78 is 1.21. The first-order valence-electron chi connectivity index (χ1n) is 6.53. The summed E-state index contributed by atoms with van der Waals surface area (Å²) >= 11 is 1.69. The smallest absolute Gasteiger partial charge is 0.255 e. The molecule has 2 aromatic carbocycles. The molecule has 0 aliphatic heterocycles. The molecule has 21 heavy (non-hydrogen) atoms. The molecule has 1 heterocycles. The standard InChI is InChI=1S/C16H15N3OS/c1-10-8-13(19-17)2-4-14(10)16(20)18-12-3-5-15-11(9-12)6-7-21-15/h2-9,19H,17H2,1H3,(H,18,20). The first kappa shape index (κ1) is 13.6. The van der Waals surface area contributed by atoms with Gasteiger partial charge in [-0.1, -0.05) is 0 Å². The van der Waals surface area contributed by atoms with Gasteiger partial charge in [-0.2, -0.15) is 0 Å². The number of hydrogen-bond donors (Lipinski definition) is 3. The Hall–Kier alpha value is -2.37. The van der Waals surface area contributed by atoms with Crippen molar-refractivity contribution in [3.63, 3.8) is 0 Å². The topological polar surface area (TPSA) is 67.1 Å². The van der Waals surface area contributed by atoms with E-state index in [2.05, 4.69) is 10.7 Å². The van der Waals surface area contributed by atoms with Crippen LogP contribution >= 0.6 is 11.3 Å². The van der Waals surface area contributed by atoms with Crippen molar-refractivity contribution in [2.24, 2.45) is 5.84 Å². The van der Waals surface area contributed by atoms with Crippen LogP contribution in [0.25, 0.3) is 10.1 Å². The van der Waals surface area contributed by atoms with Crippen molar-refractivity contribution in [3.8, 4) is 0 Å². The zero-order valence-electron chi connectivity index (χ0n) is 11.5. The van der Waals surface area contributed by atoms with E-state index in [1.807, 2.05) is 42.6 Å². The molecule has 0 aliphatic rings. The van der Waals surface area contributed by atoms with E-state index in [0.717, 1.165) is 22.3 Å². The van der Waals surface area contributed by atoms with Crippen LogP contribution in [-0.2, 0) is 0 Å². The monoisotopic (exact) mass is 297 g/mol. The Bertz CT molecular complexity index is 810. The van der Waals surface area contributed by atoms with Gasteiger partial charge in [-0.05, 0) is 65.7 Å². The number of carbonyl (C=O) groups excluding carboxylic acids is 1. The number of nitrogens with one attached hydrogen (secondary N) is 2. The fraction of sp³-hybridized carbons (Fsp3) is 0.0625. The Morgan fingerprint density at radius 2 is 1.90 bits per heavy atom. The second-order valence-electron chi connectivity index (χ2n) is 4.80. The minimum absolute atomic E-state index is 0.120. The Kier molecular flexibility index (Phi) is 3.60. The normalized spacial score (nSPS) is 10.6. The molecule has 106 valence electrons. The van der Waals surface area contributed by atoms with Gasteiger partial charge >= 0.3 is 0 Å². The molecule has 1 amide bonds. The van der Waals surface area contributed by atoms with Gasteiger partial charge in [0.25, 0.3) is 5.91 Å². The van der Waals surface area contributed by atoms with E-state index in [0.29, 0.717) is 5.56 Å². The second kappa shape index (κ2) is 5.55. The van der Waals surface area contributed by atoms with Crippen LogP contribution in [0.3, 0.4) is 0 Å². The van der Waals surface area contributed by atoms with E-state index in [-0.39, 0.29) is 5.91 Å². The van der Waals surface area contributed by atoms with E-state index >= 15 is 0 Å². The number of fused-ring (bicyclic) bond motifs is 1. The summed E-state index contributed by atoms with van der Waals surface area (Å²) in [6.45, 7) is 1.89. The van der Waals surface area contributed by atoms with Crippen molar-refractivity contribution in [1.82, 2.24) is 0 Å². The number of nitrogens with two attached hydrogens (primary N) is 1. The number of amides is 1. The summed E-state index contributed by atoms with van der Waals surface area (Å²) in [7, 11) is 0. The zero-order chi connectivity index (χ0) is 14.8. The van der Waals surface area contributed by atoms with Gasteiger partial charge in [0.2, 0.25) is 0 Å². The summed E-state index contributed by atoms with van der Waals surface area (Å²) in [5.74, 6) is 5.24. The Morgan fingerprint density at radius 3 is 2.67 bits per heavy atom. The van der Waals surface area contributed by atoms with Crippen molar-refractivity contribution in [2.75, 3.05) is 10.7 Å². The van der Waals surface area contributed by atoms with Crippen molar-refractivity contribution in [2.45, 2.75) is 6.92 Å². The maximum Gasteiger partial charge on any atom is 0.255 e. The third-order valence-corrected chi connectivity index (χ3v) is 4.25. The molecule has 3 rings (SSSR count). The summed E-state index contributed by atoms with van der Waals surface area (Å²) in [5.41, 5.74) is 5.66. The van der Waals surface area contributed by atoms with Crippen LogP contribution in [0.15, 0.2) is 47.8 Å². The largest absolute Gasteiger partial charge is 0.324 e. The van der Waals surface area contributed by atoms with Gasteiger partial charge in [0.05, 0.1) is 0 Å². The lowest BCUT2D eigenvalue weighted by atomic mass is 10.1. The van der Waals surface area contributed by atoms with Gasteiger partial charge in [-0.3, -0.25) is 10.6 Å². The Labute approximate surface area is 126 Å². The molecule has 4 nitrogen and oxygen atoms in total. The number of thiophene rings is 1. The van der Waals surface area contributed by atoms with E-state index in [9.17, 15) is 4.79 Å². The predicted octanol–water partition coefficient (Wildman–Crippen LogP) is 3.75. The number of nitrogen functional groups attached to an aromatic ring is 1. The average Bonchev–Trinajstić information content (AvgIpc) is 2.94. The van der Waals surface area contributed by atoms with Crippen molar-refractivity contribution in [1.29, 1.82) is 0 Å². The summed E-state index contributed by atoms with van der Waals surface area (Å²) in [5, 5.41) is 6.11. The first-order valence-corrected chi connectivity index (χ1v) is 7.41. The molecule has 5 heteroatoms. The molecule has 0 aliphatic carbocycles. The van der Waals surface area contributed by atoms with Crippen LogP contribution in [0.2, 0.25) is 0 Å². The maximum atomic E-state index is 12.3. The third-order valence-electron chi connectivity index (χ3n) is 3.35. The highest BCUT2D eigenvalue weighted by Crippen LogP contribution is 2.24. The predicted molar refractivity (Wildman–Crippen MR) is 88.8 cm³/mol. The third kappa shape index (κ3) is 2.74. The highest BCUT2D eigenvalue weighted by atomic mass is 32.1. The van der Waals surface area contributed by atoms with E-state index in [1.165, 1.54) is 4.70 Å². The highest BCUT2D eigenvalue weighted by molar-refractivity contribution is 7.17. The molecular weight excluding hydrogens is 282 g/mol. The van der Waals surface area contributed by atoms with E-state index in [4.69, 9.17) is 5.84 Å². The number of carbonyl (C=O) groups is 1. The lowest BCUT2D eigenvalue weighted by Crippen LogP contribution is -2.14. The number of anilines is 2. The molecule has 0 atom stereocenters. The van der Waals surface area contributed by atoms with E-state index in [1.54, 1.807) is 23.5 Å². The molecule has 0 unspecified atom stereocenters. The minimum Gasteiger partial charge on any atom is -0.324 e. The van der Waals surface area contributed by atoms with Gasteiger partial charge in [-0.25, -0.2) is 0 Å². The van der Waals surface area contributed by atoms with Crippen LogP contribution in [0.4, 0.5) is 11.4 Å². The van der Waals surface area contributed by atoms with Gasteiger partial charge in [0, 0.05) is 21.6 Å². The highest BCUT2D eigenvalue weighted by Gasteiger charge is 2.10. The van der Waals surface area contributed by atoms with Crippen LogP contribution in [0.5, 0.6) is 0 Å². The van der Waals surface area contributed by atoms with Crippen molar-refractivity contribution in [3.05, 3.63) is 59.0 Å². The summed E-state index contributed by atoms with van der Waals surface area (Å²) in [6.07, 6.45) is 0. The molecular formula is C16H15N3OS. The molecule has 3 aromatic rings. The molecule has 0 saturated heterocycles. The minimum atomic E-state index is -0.120. The summed E-state index contributed by atoms with van der Waals surface area (Å²) in [4.78, 5) is 12.3. The zero-order valence-corrected chi connectivity index (χ0v) is 12.3. The fourth-order valence-electron chi connectivity index (χ4n) is 2.25. The maximum absolute atomic E-state index is 12.3. The van der Waals surface area contributed by atoms with Crippen LogP contribution in [-0.4, -0.2) is 5.91 Å². The van der Waals surface area contributed by atoms with Crippen LogP contribution in [0, 0.1) is 6.92 Å². The van der Waals surface area contributed by atoms with Crippen molar-refractivity contribution < 1.29 is 4.79 Å². The number of hydrazine groups is 1. The number of benzene rings is 2. The molecule has 0 bridgehead atoms. The lowest BCUT2D eigenvalue weighted by molar-refractivity contribution is 0.102. The fourth-order valence-corrected chi connectivity index (χ4v) is 3.02. The average molecular weight is 297 g/mol. The first-order chi connectivity index (χ1) is 10.2. The SMILES string of the molecule is Cc1cc(NN)ccc1C(=O)Nc1ccc2sccc2c1. The molecule has 0 saturated carbocycles. The molecule has 4 N–H and O–H groups in total. The van der Waals surface area contributed by atoms with Crippen LogP contribution in [0.1, 0.15) is 15.9 Å². The molecule has 1 aromatic heterocycles. The Morgan fingerprint density at radius 1 is 1.10 bits per heavy atom. The van der Waals surface area contributed by atoms with Gasteiger partial charge in [-0.15, -0.1) is 11.3 Å². The van der Waals surface area contributed by atoms with Crippen molar-refractivity contribution >= 4 is 38.7 Å². The molecule has 0 radical (unpaired) electrons. The van der Waals surface area contributed by atoms with Gasteiger partial charge in [0.15, 0.2) is 0 Å². The lowest BCUT2D eigenvalue weighted by Gasteiger charge is -2.09. The van der Waals surface area contributed by atoms with Crippen LogP contribution < -0.4 is 16.6 Å². The van der Waals surface area contributed by atoms with E-state index < -0.39 is 0 Å². The van der Waals surface area contributed by atoms with Gasteiger partial charge in [0.1, 0.15) is 0 Å². The molecule has 0 fully saturated rings. The summed E-state index contributed by atoms with van der Waals surface area (Å²) in [6, 6.07) is 13.4. The second-order valence-corrected chi connectivity index (χ2v) is 5.75.